The second kappa shape index (κ2) is 10.2. The number of alkyl halides is 3. The smallest absolute Gasteiger partial charge is 0.371 e. The number of hydrogen-bond acceptors (Lipinski definition) is 5. The highest BCUT2D eigenvalue weighted by atomic mass is 19.4. The Labute approximate surface area is 221 Å². The molecule has 206 valence electrons. The fraction of sp³-hybridized carbons (Fsp3) is 0.593. The minimum absolute atomic E-state index is 0.139. The second-order valence-electron chi connectivity index (χ2n) is 11.0. The van der Waals surface area contributed by atoms with Crippen LogP contribution in [0.3, 0.4) is 0 Å². The maximum atomic E-state index is 13.9. The van der Waals surface area contributed by atoms with E-state index in [2.05, 4.69) is 10.00 Å². The molecule has 0 bridgehead atoms. The molecule has 3 heterocycles. The van der Waals surface area contributed by atoms with Crippen LogP contribution >= 0.6 is 0 Å². The topological polar surface area (TPSA) is 64.9 Å². The Hall–Kier alpha value is -3.08. The number of carbonyl (C=O) groups excluding carboxylic acids is 2. The van der Waals surface area contributed by atoms with Gasteiger partial charge in [-0.05, 0) is 62.3 Å². The van der Waals surface area contributed by atoms with E-state index in [0.29, 0.717) is 61.5 Å². The van der Waals surface area contributed by atoms with Gasteiger partial charge in [0.25, 0.3) is 0 Å². The highest BCUT2D eigenvalue weighted by molar-refractivity contribution is 5.91. The summed E-state index contributed by atoms with van der Waals surface area (Å²) in [5.41, 5.74) is 0.980. The summed E-state index contributed by atoms with van der Waals surface area (Å²) in [5.74, 6) is 0.564. The van der Waals surface area contributed by atoms with Crippen molar-refractivity contribution in [2.24, 2.45) is 11.8 Å². The molecule has 2 aromatic rings. The Bertz CT molecular complexity index is 1180. The van der Waals surface area contributed by atoms with Crippen molar-refractivity contribution >= 4 is 23.3 Å². The minimum Gasteiger partial charge on any atom is -0.371 e. The maximum Gasteiger partial charge on any atom is 0.418 e. The Balaban J connectivity index is 1.19. The van der Waals surface area contributed by atoms with E-state index in [1.807, 2.05) is 22.9 Å². The lowest BCUT2D eigenvalue weighted by Gasteiger charge is -2.28. The summed E-state index contributed by atoms with van der Waals surface area (Å²) < 4.78 is 42.9. The van der Waals surface area contributed by atoms with Gasteiger partial charge < -0.3 is 14.7 Å². The molecule has 2 amide bonds. The molecule has 0 radical (unpaired) electrons. The Kier molecular flexibility index (Phi) is 7.15. The van der Waals surface area contributed by atoms with Crippen molar-refractivity contribution in [1.29, 1.82) is 0 Å². The molecule has 2 atom stereocenters. The third-order valence-corrected chi connectivity index (χ3v) is 8.49. The maximum absolute atomic E-state index is 13.9. The minimum atomic E-state index is -4.39. The molecular weight excluding hydrogens is 497 g/mol. The standard InChI is InChI=1S/C27H35F3N6O2/c1-18(37)33(3)23-13-31-36(17-23)26(38)35-15-20-11-22(12-21(20)16-35)32(2)14-19-6-7-25(34-8-4-5-9-34)24(10-19)27(28,29)30/h6-7,10,13,17,20-22H,4-5,8-9,11-12,14-16H2,1-3H3. The average Bonchev–Trinajstić information content (AvgIpc) is 3.66. The summed E-state index contributed by atoms with van der Waals surface area (Å²) in [7, 11) is 3.62. The lowest BCUT2D eigenvalue weighted by molar-refractivity contribution is -0.137. The number of hydrogen-bond donors (Lipinski definition) is 0. The van der Waals surface area contributed by atoms with Crippen molar-refractivity contribution in [1.82, 2.24) is 19.6 Å². The molecule has 3 aliphatic rings. The zero-order chi connectivity index (χ0) is 27.2. The predicted molar refractivity (Wildman–Crippen MR) is 138 cm³/mol. The van der Waals surface area contributed by atoms with Crippen LogP contribution in [0.5, 0.6) is 0 Å². The van der Waals surface area contributed by atoms with E-state index in [1.165, 1.54) is 28.8 Å². The first-order valence-corrected chi connectivity index (χ1v) is 13.2. The van der Waals surface area contributed by atoms with E-state index in [-0.39, 0.29) is 18.0 Å². The summed E-state index contributed by atoms with van der Waals surface area (Å²) >= 11 is 0. The number of aromatic nitrogens is 2. The van der Waals surface area contributed by atoms with Crippen molar-refractivity contribution in [2.45, 2.75) is 51.4 Å². The number of fused-ring (bicyclic) bond motifs is 1. The van der Waals surface area contributed by atoms with Gasteiger partial charge in [0.15, 0.2) is 0 Å². The second-order valence-corrected chi connectivity index (χ2v) is 11.0. The Morgan fingerprint density at radius 2 is 1.74 bits per heavy atom. The number of anilines is 2. The quantitative estimate of drug-likeness (QED) is 0.575. The normalized spacial score (nSPS) is 23.4. The van der Waals surface area contributed by atoms with E-state index < -0.39 is 11.7 Å². The first-order chi connectivity index (χ1) is 18.0. The first kappa shape index (κ1) is 26.5. The first-order valence-electron chi connectivity index (χ1n) is 13.2. The van der Waals surface area contributed by atoms with E-state index in [9.17, 15) is 22.8 Å². The van der Waals surface area contributed by atoms with Crippen LogP contribution in [0.25, 0.3) is 0 Å². The van der Waals surface area contributed by atoms with Crippen LogP contribution in [0.4, 0.5) is 29.3 Å². The number of likely N-dealkylation sites (tertiary alicyclic amines) is 1. The number of nitrogens with zero attached hydrogens (tertiary/aromatic N) is 6. The van der Waals surface area contributed by atoms with Crippen LogP contribution in [-0.2, 0) is 17.5 Å². The van der Waals surface area contributed by atoms with Crippen LogP contribution in [0.2, 0.25) is 0 Å². The molecule has 1 aromatic heterocycles. The summed E-state index contributed by atoms with van der Waals surface area (Å²) in [6, 6.07) is 4.85. The van der Waals surface area contributed by atoms with Crippen LogP contribution < -0.4 is 9.80 Å². The Morgan fingerprint density at radius 3 is 2.34 bits per heavy atom. The third kappa shape index (κ3) is 5.25. The molecule has 1 aliphatic carbocycles. The molecule has 0 spiro atoms. The highest BCUT2D eigenvalue weighted by Gasteiger charge is 2.44. The monoisotopic (exact) mass is 532 g/mol. The van der Waals surface area contributed by atoms with Gasteiger partial charge in [-0.25, -0.2) is 4.79 Å². The van der Waals surface area contributed by atoms with E-state index in [1.54, 1.807) is 19.3 Å². The molecule has 38 heavy (non-hydrogen) atoms. The molecule has 1 aromatic carbocycles. The van der Waals surface area contributed by atoms with Crippen LogP contribution in [0.15, 0.2) is 30.6 Å². The lowest BCUT2D eigenvalue weighted by Crippen LogP contribution is -2.36. The van der Waals surface area contributed by atoms with Crippen molar-refractivity contribution in [3.05, 3.63) is 41.7 Å². The van der Waals surface area contributed by atoms with E-state index in [4.69, 9.17) is 0 Å². The van der Waals surface area contributed by atoms with Gasteiger partial charge in [0.2, 0.25) is 5.91 Å². The van der Waals surface area contributed by atoms with Crippen molar-refractivity contribution < 1.29 is 22.8 Å². The zero-order valence-corrected chi connectivity index (χ0v) is 22.1. The average molecular weight is 533 g/mol. The summed E-state index contributed by atoms with van der Waals surface area (Å²) in [6.07, 6.45) is 2.34. The predicted octanol–water partition coefficient (Wildman–Crippen LogP) is 4.30. The van der Waals surface area contributed by atoms with Crippen molar-refractivity contribution in [3.63, 3.8) is 0 Å². The van der Waals surface area contributed by atoms with Crippen molar-refractivity contribution in [3.8, 4) is 0 Å². The van der Waals surface area contributed by atoms with Gasteiger partial charge in [-0.2, -0.15) is 23.0 Å². The summed E-state index contributed by atoms with van der Waals surface area (Å²) in [6.45, 7) is 4.51. The van der Waals surface area contributed by atoms with Crippen molar-refractivity contribution in [2.75, 3.05) is 50.1 Å². The molecular formula is C27H35F3N6O2. The van der Waals surface area contributed by atoms with E-state index in [0.717, 1.165) is 25.7 Å². The van der Waals surface area contributed by atoms with Crippen LogP contribution in [0, 0.1) is 11.8 Å². The molecule has 8 nitrogen and oxygen atoms in total. The number of halogens is 3. The van der Waals surface area contributed by atoms with E-state index >= 15 is 0 Å². The van der Waals surface area contributed by atoms with Gasteiger partial charge in [-0.15, -0.1) is 0 Å². The molecule has 11 heteroatoms. The number of carbonyl (C=O) groups is 2. The zero-order valence-electron chi connectivity index (χ0n) is 22.1. The lowest BCUT2D eigenvalue weighted by atomic mass is 10.0. The molecule has 2 unspecified atom stereocenters. The van der Waals surface area contributed by atoms with Crippen LogP contribution in [-0.4, -0.2) is 77.8 Å². The van der Waals surface area contributed by atoms with Gasteiger partial charge >= 0.3 is 12.2 Å². The fourth-order valence-corrected chi connectivity index (χ4v) is 6.26. The number of rotatable bonds is 5. The van der Waals surface area contributed by atoms with Gasteiger partial charge in [0, 0.05) is 58.4 Å². The summed E-state index contributed by atoms with van der Waals surface area (Å²) in [5, 5.41) is 4.14. The molecule has 0 N–H and O–H groups in total. The molecule has 2 aliphatic heterocycles. The summed E-state index contributed by atoms with van der Waals surface area (Å²) in [4.78, 5) is 31.8. The number of benzene rings is 1. The van der Waals surface area contributed by atoms with Gasteiger partial charge in [0.1, 0.15) is 0 Å². The van der Waals surface area contributed by atoms with Gasteiger partial charge in [0.05, 0.1) is 23.6 Å². The molecule has 1 saturated carbocycles. The molecule has 2 saturated heterocycles. The number of amides is 2. The van der Waals surface area contributed by atoms with Crippen LogP contribution in [0.1, 0.15) is 43.7 Å². The highest BCUT2D eigenvalue weighted by Crippen LogP contribution is 2.42. The molecule has 5 rings (SSSR count). The van der Waals surface area contributed by atoms with Gasteiger partial charge in [-0.1, -0.05) is 6.07 Å². The SMILES string of the molecule is CC(=O)N(C)c1cnn(C(=O)N2CC3CC(N(C)Cc4ccc(N5CCCC5)c(C(F)(F)F)c4)CC3C2)c1. The van der Waals surface area contributed by atoms with Gasteiger partial charge in [-0.3, -0.25) is 9.69 Å². The Morgan fingerprint density at radius 1 is 1.08 bits per heavy atom. The third-order valence-electron chi connectivity index (χ3n) is 8.49. The fourth-order valence-electron chi connectivity index (χ4n) is 6.26. The molecule has 3 fully saturated rings. The largest absolute Gasteiger partial charge is 0.418 e.